The highest BCUT2D eigenvalue weighted by molar-refractivity contribution is 5.89. The minimum atomic E-state index is -0.219. The first kappa shape index (κ1) is 14.5. The summed E-state index contributed by atoms with van der Waals surface area (Å²) in [7, 11) is 0. The Morgan fingerprint density at radius 1 is 1.40 bits per heavy atom. The zero-order valence-electron chi connectivity index (χ0n) is 11.7. The maximum absolute atomic E-state index is 11.5. The molecular weight excluding hydrogens is 256 g/mol. The predicted molar refractivity (Wildman–Crippen MR) is 76.3 cm³/mol. The fraction of sp³-hybridized carbons (Fsp3) is 0.467. The van der Waals surface area contributed by atoms with Crippen LogP contribution in [0.15, 0.2) is 35.5 Å². The minimum Gasteiger partial charge on any atom is -0.465 e. The van der Waals surface area contributed by atoms with E-state index in [1.165, 1.54) is 0 Å². The van der Waals surface area contributed by atoms with Crippen LogP contribution in [0.4, 0.5) is 0 Å². The number of carbonyl (C=O) groups excluding carboxylic acids is 1. The van der Waals surface area contributed by atoms with E-state index in [0.717, 1.165) is 17.7 Å². The summed E-state index contributed by atoms with van der Waals surface area (Å²) in [6, 6.07) is 9.68. The molecule has 108 valence electrons. The molecule has 1 aromatic rings. The Hall–Kier alpha value is -1.88. The first-order valence-corrected chi connectivity index (χ1v) is 6.91. The lowest BCUT2D eigenvalue weighted by molar-refractivity contribution is -0.145. The summed E-state index contributed by atoms with van der Waals surface area (Å²) in [6.45, 7) is 3.26. The summed E-state index contributed by atoms with van der Waals surface area (Å²) in [5.74, 6) is -0.184. The Morgan fingerprint density at radius 2 is 2.20 bits per heavy atom. The van der Waals surface area contributed by atoms with Crippen LogP contribution >= 0.6 is 0 Å². The van der Waals surface area contributed by atoms with Crippen LogP contribution in [0, 0.1) is 0 Å². The quantitative estimate of drug-likeness (QED) is 0.659. The second-order valence-corrected chi connectivity index (χ2v) is 4.64. The second kappa shape index (κ2) is 7.65. The molecule has 5 nitrogen and oxygen atoms in total. The molecule has 1 aromatic carbocycles. The van der Waals surface area contributed by atoms with Crippen molar-refractivity contribution in [1.82, 2.24) is 5.32 Å². The van der Waals surface area contributed by atoms with E-state index >= 15 is 0 Å². The molecule has 1 aliphatic rings. The van der Waals surface area contributed by atoms with E-state index in [-0.39, 0.29) is 12.0 Å². The zero-order chi connectivity index (χ0) is 14.2. The van der Waals surface area contributed by atoms with Crippen molar-refractivity contribution in [3.63, 3.8) is 0 Å². The van der Waals surface area contributed by atoms with Gasteiger partial charge >= 0.3 is 5.97 Å². The highest BCUT2D eigenvalue weighted by Gasteiger charge is 2.24. The maximum atomic E-state index is 11.5. The average Bonchev–Trinajstić information content (AvgIpc) is 2.49. The number of carbonyl (C=O) groups is 1. The summed E-state index contributed by atoms with van der Waals surface area (Å²) in [5, 5.41) is 7.24. The molecule has 5 heteroatoms. The van der Waals surface area contributed by atoms with Gasteiger partial charge in [-0.25, -0.2) is 0 Å². The molecule has 1 fully saturated rings. The number of benzene rings is 1. The molecule has 20 heavy (non-hydrogen) atoms. The number of nitrogens with one attached hydrogen (secondary N) is 1. The lowest BCUT2D eigenvalue weighted by atomic mass is 10.0. The third-order valence-corrected chi connectivity index (χ3v) is 3.11. The Bertz CT molecular complexity index is 449. The van der Waals surface area contributed by atoms with Gasteiger partial charge in [0.2, 0.25) is 0 Å². The van der Waals surface area contributed by atoms with E-state index in [9.17, 15) is 4.79 Å². The molecule has 1 atom stereocenters. The van der Waals surface area contributed by atoms with Crippen LogP contribution in [-0.2, 0) is 21.0 Å². The van der Waals surface area contributed by atoms with Crippen molar-refractivity contribution in [2.75, 3.05) is 13.2 Å². The van der Waals surface area contributed by atoms with E-state index in [4.69, 9.17) is 9.57 Å². The van der Waals surface area contributed by atoms with Crippen molar-refractivity contribution >= 4 is 11.7 Å². The van der Waals surface area contributed by atoms with Crippen LogP contribution in [0.25, 0.3) is 0 Å². The Kier molecular flexibility index (Phi) is 5.55. The van der Waals surface area contributed by atoms with Gasteiger partial charge in [0.25, 0.3) is 0 Å². The molecule has 0 aromatic heterocycles. The number of piperidine rings is 1. The van der Waals surface area contributed by atoms with Gasteiger partial charge in [0.15, 0.2) is 0 Å². The van der Waals surface area contributed by atoms with Gasteiger partial charge in [-0.3, -0.25) is 10.1 Å². The molecule has 0 bridgehead atoms. The molecular formula is C15H20N2O3. The van der Waals surface area contributed by atoms with Crippen LogP contribution in [-0.4, -0.2) is 30.9 Å². The first-order chi connectivity index (χ1) is 9.79. The van der Waals surface area contributed by atoms with E-state index < -0.39 is 0 Å². The third-order valence-electron chi connectivity index (χ3n) is 3.11. The molecule has 0 amide bonds. The minimum absolute atomic E-state index is 0.184. The Balaban J connectivity index is 1.73. The number of hydrogen-bond acceptors (Lipinski definition) is 5. The molecule has 1 aliphatic heterocycles. The zero-order valence-corrected chi connectivity index (χ0v) is 11.7. The summed E-state index contributed by atoms with van der Waals surface area (Å²) < 4.78 is 4.98. The summed E-state index contributed by atoms with van der Waals surface area (Å²) in [4.78, 5) is 16.9. The van der Waals surface area contributed by atoms with Crippen molar-refractivity contribution in [1.29, 1.82) is 0 Å². The van der Waals surface area contributed by atoms with Crippen molar-refractivity contribution in [3.05, 3.63) is 35.9 Å². The first-order valence-electron chi connectivity index (χ1n) is 6.91. The third kappa shape index (κ3) is 4.35. The van der Waals surface area contributed by atoms with Crippen molar-refractivity contribution in [3.8, 4) is 0 Å². The summed E-state index contributed by atoms with van der Waals surface area (Å²) in [6.07, 6.45) is 1.46. The number of hydrogen-bond donors (Lipinski definition) is 1. The number of rotatable bonds is 5. The smallest absolute Gasteiger partial charge is 0.323 e. The fourth-order valence-corrected chi connectivity index (χ4v) is 2.04. The lowest BCUT2D eigenvalue weighted by Gasteiger charge is -2.22. The fourth-order valence-electron chi connectivity index (χ4n) is 2.04. The lowest BCUT2D eigenvalue weighted by Crippen LogP contribution is -2.45. The van der Waals surface area contributed by atoms with Gasteiger partial charge in [-0.1, -0.05) is 35.5 Å². The normalized spacial score (nSPS) is 20.6. The van der Waals surface area contributed by atoms with Gasteiger partial charge in [0.05, 0.1) is 12.3 Å². The SMILES string of the molecule is CCOC(=O)[C@@H]1CC/C(=N/OCc2ccccc2)CN1. The molecule has 0 unspecified atom stereocenters. The van der Waals surface area contributed by atoms with Crippen molar-refractivity contribution < 1.29 is 14.4 Å². The van der Waals surface area contributed by atoms with Crippen LogP contribution in [0.3, 0.4) is 0 Å². The van der Waals surface area contributed by atoms with E-state index in [1.807, 2.05) is 37.3 Å². The van der Waals surface area contributed by atoms with Crippen LogP contribution in [0.2, 0.25) is 0 Å². The van der Waals surface area contributed by atoms with E-state index in [0.29, 0.717) is 26.2 Å². The highest BCUT2D eigenvalue weighted by atomic mass is 16.6. The Morgan fingerprint density at radius 3 is 2.85 bits per heavy atom. The van der Waals surface area contributed by atoms with Gasteiger partial charge in [-0.15, -0.1) is 0 Å². The van der Waals surface area contributed by atoms with Gasteiger partial charge in [-0.2, -0.15) is 0 Å². The van der Waals surface area contributed by atoms with Crippen LogP contribution < -0.4 is 5.32 Å². The standard InChI is InChI=1S/C15H20N2O3/c1-2-19-15(18)14-9-8-13(10-16-14)17-20-11-12-6-4-3-5-7-12/h3-7,14,16H,2,8-11H2,1H3/b17-13-/t14-/m0/s1. The number of oxime groups is 1. The number of nitrogens with zero attached hydrogens (tertiary/aromatic N) is 1. The van der Waals surface area contributed by atoms with Crippen LogP contribution in [0.1, 0.15) is 25.3 Å². The monoisotopic (exact) mass is 276 g/mol. The van der Waals surface area contributed by atoms with Crippen molar-refractivity contribution in [2.24, 2.45) is 5.16 Å². The topological polar surface area (TPSA) is 59.9 Å². The molecule has 0 spiro atoms. The van der Waals surface area contributed by atoms with Gasteiger partial charge in [-0.05, 0) is 25.3 Å². The maximum Gasteiger partial charge on any atom is 0.323 e. The molecule has 0 aliphatic carbocycles. The molecule has 1 N–H and O–H groups in total. The van der Waals surface area contributed by atoms with Crippen LogP contribution in [0.5, 0.6) is 0 Å². The van der Waals surface area contributed by atoms with Gasteiger partial charge < -0.3 is 9.57 Å². The number of esters is 1. The molecule has 0 radical (unpaired) electrons. The predicted octanol–water partition coefficient (Wildman–Crippen LogP) is 1.87. The average molecular weight is 276 g/mol. The van der Waals surface area contributed by atoms with E-state index in [1.54, 1.807) is 0 Å². The Labute approximate surface area is 118 Å². The molecule has 0 saturated carbocycles. The highest BCUT2D eigenvalue weighted by Crippen LogP contribution is 2.08. The largest absolute Gasteiger partial charge is 0.465 e. The molecule has 1 saturated heterocycles. The van der Waals surface area contributed by atoms with Gasteiger partial charge in [0, 0.05) is 6.54 Å². The van der Waals surface area contributed by atoms with E-state index in [2.05, 4.69) is 10.5 Å². The summed E-state index contributed by atoms with van der Waals surface area (Å²) in [5.41, 5.74) is 2.02. The molecule has 2 rings (SSSR count). The second-order valence-electron chi connectivity index (χ2n) is 4.64. The van der Waals surface area contributed by atoms with Gasteiger partial charge in [0.1, 0.15) is 12.6 Å². The number of ether oxygens (including phenoxy) is 1. The summed E-state index contributed by atoms with van der Waals surface area (Å²) >= 11 is 0. The molecule has 1 heterocycles. The van der Waals surface area contributed by atoms with Crippen molar-refractivity contribution in [2.45, 2.75) is 32.4 Å².